The van der Waals surface area contributed by atoms with Gasteiger partial charge in [-0.15, -0.1) is 0 Å². The second-order valence-electron chi connectivity index (χ2n) is 2.17. The fraction of sp³-hybridized carbons (Fsp3) is 1.00. The average Bonchev–Trinajstić information content (AvgIpc) is 1.99. The van der Waals surface area contributed by atoms with E-state index in [0.717, 1.165) is 12.8 Å². The summed E-state index contributed by atoms with van der Waals surface area (Å²) in [5, 5.41) is 18.9. The Morgan fingerprint density at radius 3 is 2.14 bits per heavy atom. The molecule has 0 saturated heterocycles. The number of rotatable bonds is 1. The number of quaternary nitrogens is 1. The summed E-state index contributed by atoms with van der Waals surface area (Å²) in [5.74, 6) is 0. The molecule has 1 saturated carbocycles. The largest absolute Gasteiger partial charge is 0.598 e. The summed E-state index contributed by atoms with van der Waals surface area (Å²) in [6, 6.07) is -0.0139. The Kier molecular flexibility index (Phi) is 0.849. The van der Waals surface area contributed by atoms with E-state index in [1.165, 1.54) is 7.05 Å². The summed E-state index contributed by atoms with van der Waals surface area (Å²) in [6.07, 6.45) is 1.77. The minimum Gasteiger partial charge on any atom is -0.598 e. The molecule has 1 aliphatic carbocycles. The van der Waals surface area contributed by atoms with Crippen molar-refractivity contribution in [2.24, 2.45) is 0 Å². The van der Waals surface area contributed by atoms with Crippen molar-refractivity contribution in [2.75, 3.05) is 7.05 Å². The normalized spacial score (nSPS) is 29.6. The first-order chi connectivity index (χ1) is 3.11. The van der Waals surface area contributed by atoms with E-state index in [-0.39, 0.29) is 6.04 Å². The maximum absolute atomic E-state index is 10.4. The summed E-state index contributed by atoms with van der Waals surface area (Å²) in [7, 11) is 1.26. The molecule has 0 heterocycles. The van der Waals surface area contributed by atoms with Crippen LogP contribution in [0.1, 0.15) is 12.8 Å². The van der Waals surface area contributed by atoms with Crippen molar-refractivity contribution >= 4 is 0 Å². The lowest BCUT2D eigenvalue weighted by atomic mass is 10.7. The summed E-state index contributed by atoms with van der Waals surface area (Å²) in [5.41, 5.74) is 0. The Hall–Kier alpha value is -0.120. The molecule has 1 unspecified atom stereocenters. The number of hydrogen-bond donors (Lipinski definition) is 1. The van der Waals surface area contributed by atoms with E-state index in [0.29, 0.717) is 0 Å². The van der Waals surface area contributed by atoms with Crippen molar-refractivity contribution in [1.29, 1.82) is 0 Å². The van der Waals surface area contributed by atoms with Crippen LogP contribution >= 0.6 is 0 Å². The number of nitrogens with zero attached hydrogens (tertiary/aromatic N) is 1. The van der Waals surface area contributed by atoms with Gasteiger partial charge in [0.05, 0.1) is 7.05 Å². The molecule has 1 rings (SSSR count). The molecule has 0 aromatic carbocycles. The highest BCUT2D eigenvalue weighted by atomic mass is 16.8. The zero-order valence-electron chi connectivity index (χ0n) is 4.29. The van der Waals surface area contributed by atoms with E-state index in [1.54, 1.807) is 0 Å². The van der Waals surface area contributed by atoms with Crippen LogP contribution in [0, 0.1) is 5.21 Å². The van der Waals surface area contributed by atoms with Crippen LogP contribution in [0.15, 0.2) is 0 Å². The van der Waals surface area contributed by atoms with E-state index >= 15 is 0 Å². The molecule has 0 amide bonds. The van der Waals surface area contributed by atoms with Gasteiger partial charge in [0, 0.05) is 12.8 Å². The summed E-state index contributed by atoms with van der Waals surface area (Å²) in [4.78, 5) is -1.08. The van der Waals surface area contributed by atoms with Crippen molar-refractivity contribution in [3.8, 4) is 0 Å². The van der Waals surface area contributed by atoms with Gasteiger partial charge in [0.25, 0.3) is 0 Å². The van der Waals surface area contributed by atoms with Gasteiger partial charge in [-0.2, -0.15) is 0 Å². The van der Waals surface area contributed by atoms with Gasteiger partial charge in [0.2, 0.25) is 0 Å². The van der Waals surface area contributed by atoms with Crippen LogP contribution in [-0.2, 0) is 0 Å². The molecule has 1 atom stereocenters. The third kappa shape index (κ3) is 1.12. The minimum atomic E-state index is -1.08. The van der Waals surface area contributed by atoms with Crippen molar-refractivity contribution in [1.82, 2.24) is 0 Å². The lowest BCUT2D eigenvalue weighted by Gasteiger charge is -2.28. The SMILES string of the molecule is C[N+]([O-])(O)C1CC1. The van der Waals surface area contributed by atoms with Crippen molar-refractivity contribution in [3.05, 3.63) is 5.21 Å². The summed E-state index contributed by atoms with van der Waals surface area (Å²) < 4.78 is 0. The van der Waals surface area contributed by atoms with Crippen molar-refractivity contribution in [2.45, 2.75) is 18.9 Å². The third-order valence-electron chi connectivity index (χ3n) is 1.22. The average molecular weight is 103 g/mol. The molecule has 1 fully saturated rings. The second kappa shape index (κ2) is 1.18. The van der Waals surface area contributed by atoms with Gasteiger partial charge in [-0.05, 0) is 0 Å². The number of hydroxylamine groups is 4. The van der Waals surface area contributed by atoms with Crippen molar-refractivity contribution in [3.63, 3.8) is 0 Å². The molecule has 0 aromatic heterocycles. The molecular weight excluding hydrogens is 94.0 g/mol. The zero-order chi connectivity index (χ0) is 5.49. The maximum Gasteiger partial charge on any atom is 0.119 e. The van der Waals surface area contributed by atoms with Crippen LogP contribution in [0.2, 0.25) is 0 Å². The lowest BCUT2D eigenvalue weighted by Crippen LogP contribution is -2.35. The molecule has 0 aliphatic heterocycles. The van der Waals surface area contributed by atoms with Gasteiger partial charge in [0.1, 0.15) is 6.04 Å². The highest BCUT2D eigenvalue weighted by molar-refractivity contribution is 4.72. The quantitative estimate of drug-likeness (QED) is 0.387. The van der Waals surface area contributed by atoms with E-state index in [9.17, 15) is 5.21 Å². The van der Waals surface area contributed by atoms with Gasteiger partial charge in [0.15, 0.2) is 0 Å². The van der Waals surface area contributed by atoms with Crippen LogP contribution in [-0.4, -0.2) is 23.1 Å². The monoisotopic (exact) mass is 103 g/mol. The molecular formula is C4H9NO2. The molecule has 7 heavy (non-hydrogen) atoms. The van der Waals surface area contributed by atoms with Gasteiger partial charge in [-0.1, -0.05) is 0 Å². The molecule has 3 heteroatoms. The molecule has 0 bridgehead atoms. The Labute approximate surface area is 42.3 Å². The van der Waals surface area contributed by atoms with Gasteiger partial charge in [-0.3, -0.25) is 0 Å². The minimum absolute atomic E-state index is 0.0139. The molecule has 1 aliphatic rings. The van der Waals surface area contributed by atoms with Gasteiger partial charge >= 0.3 is 0 Å². The first-order valence-corrected chi connectivity index (χ1v) is 2.40. The van der Waals surface area contributed by atoms with Crippen LogP contribution in [0.5, 0.6) is 0 Å². The van der Waals surface area contributed by atoms with Crippen molar-refractivity contribution < 1.29 is 10.0 Å². The Balaban J connectivity index is 2.36. The first kappa shape index (κ1) is 5.03. The Morgan fingerprint density at radius 2 is 2.14 bits per heavy atom. The van der Waals surface area contributed by atoms with Gasteiger partial charge < -0.3 is 5.21 Å². The highest BCUT2D eigenvalue weighted by Gasteiger charge is 2.34. The molecule has 0 spiro atoms. The van der Waals surface area contributed by atoms with Crippen LogP contribution < -0.4 is 0 Å². The number of hydrogen-bond acceptors (Lipinski definition) is 2. The Bertz CT molecular complexity index is 72.2. The van der Waals surface area contributed by atoms with Crippen LogP contribution in [0.3, 0.4) is 0 Å². The lowest BCUT2D eigenvalue weighted by molar-refractivity contribution is -1.06. The second-order valence-corrected chi connectivity index (χ2v) is 2.17. The fourth-order valence-electron chi connectivity index (χ4n) is 0.554. The summed E-state index contributed by atoms with van der Waals surface area (Å²) in [6.45, 7) is 0. The van der Waals surface area contributed by atoms with E-state index in [2.05, 4.69) is 0 Å². The topological polar surface area (TPSA) is 43.3 Å². The first-order valence-electron chi connectivity index (χ1n) is 2.40. The molecule has 0 aromatic rings. The zero-order valence-corrected chi connectivity index (χ0v) is 4.29. The smallest absolute Gasteiger partial charge is 0.119 e. The summed E-state index contributed by atoms with van der Waals surface area (Å²) >= 11 is 0. The maximum atomic E-state index is 10.4. The predicted octanol–water partition coefficient (Wildman–Crippen LogP) is 0.482. The van der Waals surface area contributed by atoms with E-state index in [1.807, 2.05) is 0 Å². The highest BCUT2D eigenvalue weighted by Crippen LogP contribution is 2.28. The van der Waals surface area contributed by atoms with Crippen LogP contribution in [0.4, 0.5) is 0 Å². The Morgan fingerprint density at radius 1 is 1.71 bits per heavy atom. The predicted molar refractivity (Wildman–Crippen MR) is 24.4 cm³/mol. The van der Waals surface area contributed by atoms with Crippen LogP contribution in [0.25, 0.3) is 0 Å². The molecule has 42 valence electrons. The van der Waals surface area contributed by atoms with E-state index < -0.39 is 4.81 Å². The third-order valence-corrected chi connectivity index (χ3v) is 1.22. The molecule has 1 N–H and O–H groups in total. The molecule has 0 radical (unpaired) electrons. The standard InChI is InChI=1S/C4H9NO2/c1-5(6,7)4-2-3-4/h4,6H,2-3H2,1H3. The fourth-order valence-corrected chi connectivity index (χ4v) is 0.554. The van der Waals surface area contributed by atoms with Gasteiger partial charge in [-0.25, -0.2) is 10.0 Å². The molecule has 3 nitrogen and oxygen atoms in total. The van der Waals surface area contributed by atoms with E-state index in [4.69, 9.17) is 5.21 Å².